The standard InChI is InChI=1S/C15H24/c1-9-6-8-12-14(15(12,3)4)13-10(2)5-7-11(9)13/h9-10,12,14H,5-8H2,1-4H3/t9-,10?,12-,14-/m1/s1. The van der Waals surface area contributed by atoms with Crippen molar-refractivity contribution in [3.8, 4) is 0 Å². The lowest BCUT2D eigenvalue weighted by atomic mass is 9.88. The van der Waals surface area contributed by atoms with Gasteiger partial charge in [-0.25, -0.2) is 0 Å². The molecule has 0 heteroatoms. The zero-order valence-electron chi connectivity index (χ0n) is 10.6. The van der Waals surface area contributed by atoms with Crippen molar-refractivity contribution in [2.45, 2.75) is 53.4 Å². The SMILES string of the molecule is CC1CCC2=C1[C@H]1[C@@H](CC[C@H]2C)C1(C)C. The lowest BCUT2D eigenvalue weighted by molar-refractivity contribution is 0.471. The number of hydrogen-bond acceptors (Lipinski definition) is 0. The minimum atomic E-state index is 0.638. The van der Waals surface area contributed by atoms with Crippen LogP contribution in [-0.4, -0.2) is 0 Å². The van der Waals surface area contributed by atoms with E-state index in [9.17, 15) is 0 Å². The van der Waals surface area contributed by atoms with Crippen LogP contribution in [0.1, 0.15) is 53.4 Å². The van der Waals surface area contributed by atoms with E-state index in [2.05, 4.69) is 27.7 Å². The summed E-state index contributed by atoms with van der Waals surface area (Å²) < 4.78 is 0. The fraction of sp³-hybridized carbons (Fsp3) is 0.867. The summed E-state index contributed by atoms with van der Waals surface area (Å²) in [5.74, 6) is 3.78. The minimum absolute atomic E-state index is 0.638. The molecule has 0 aromatic rings. The molecule has 0 N–H and O–H groups in total. The van der Waals surface area contributed by atoms with Gasteiger partial charge in [-0.2, -0.15) is 0 Å². The zero-order valence-corrected chi connectivity index (χ0v) is 10.6. The third kappa shape index (κ3) is 1.20. The Kier molecular flexibility index (Phi) is 1.92. The largest absolute Gasteiger partial charge is 0.0676 e. The summed E-state index contributed by atoms with van der Waals surface area (Å²) in [6, 6.07) is 0. The molecule has 1 unspecified atom stereocenters. The molecule has 3 aliphatic rings. The van der Waals surface area contributed by atoms with Crippen molar-refractivity contribution in [2.75, 3.05) is 0 Å². The minimum Gasteiger partial charge on any atom is -0.0676 e. The molecule has 0 bridgehead atoms. The Bertz CT molecular complexity index is 321. The van der Waals surface area contributed by atoms with Gasteiger partial charge in [0.1, 0.15) is 0 Å². The van der Waals surface area contributed by atoms with Crippen LogP contribution in [0, 0.1) is 29.1 Å². The van der Waals surface area contributed by atoms with Gasteiger partial charge in [0.05, 0.1) is 0 Å². The van der Waals surface area contributed by atoms with E-state index in [1.165, 1.54) is 25.7 Å². The number of hydrogen-bond donors (Lipinski definition) is 0. The number of allylic oxidation sites excluding steroid dienone is 2. The summed E-state index contributed by atoms with van der Waals surface area (Å²) in [7, 11) is 0. The molecule has 0 heterocycles. The van der Waals surface area contributed by atoms with Gasteiger partial charge >= 0.3 is 0 Å². The quantitative estimate of drug-likeness (QED) is 0.513. The van der Waals surface area contributed by atoms with Crippen LogP contribution in [0.3, 0.4) is 0 Å². The third-order valence-corrected chi connectivity index (χ3v) is 5.64. The average Bonchev–Trinajstić information content (AvgIpc) is 2.55. The van der Waals surface area contributed by atoms with Gasteiger partial charge in [-0.15, -0.1) is 0 Å². The Labute approximate surface area is 94.1 Å². The molecular weight excluding hydrogens is 180 g/mol. The van der Waals surface area contributed by atoms with Crippen molar-refractivity contribution in [3.63, 3.8) is 0 Å². The Morgan fingerprint density at radius 3 is 2.47 bits per heavy atom. The number of rotatable bonds is 0. The molecule has 0 radical (unpaired) electrons. The zero-order chi connectivity index (χ0) is 10.8. The van der Waals surface area contributed by atoms with E-state index in [0.29, 0.717) is 5.41 Å². The van der Waals surface area contributed by atoms with Gasteiger partial charge in [-0.05, 0) is 54.8 Å². The summed E-state index contributed by atoms with van der Waals surface area (Å²) in [6.07, 6.45) is 5.79. The van der Waals surface area contributed by atoms with Crippen LogP contribution in [-0.2, 0) is 0 Å². The monoisotopic (exact) mass is 204 g/mol. The highest BCUT2D eigenvalue weighted by Crippen LogP contribution is 2.68. The molecule has 0 spiro atoms. The summed E-state index contributed by atoms with van der Waals surface area (Å²) in [6.45, 7) is 9.92. The second kappa shape index (κ2) is 2.90. The van der Waals surface area contributed by atoms with Crippen molar-refractivity contribution in [2.24, 2.45) is 29.1 Å². The van der Waals surface area contributed by atoms with Gasteiger partial charge in [0.2, 0.25) is 0 Å². The maximum absolute atomic E-state index is 2.49. The molecule has 3 rings (SSSR count). The van der Waals surface area contributed by atoms with E-state index in [1.54, 1.807) is 0 Å². The van der Waals surface area contributed by atoms with Gasteiger partial charge in [0.15, 0.2) is 0 Å². The van der Waals surface area contributed by atoms with E-state index in [-0.39, 0.29) is 0 Å². The van der Waals surface area contributed by atoms with Crippen LogP contribution in [0.25, 0.3) is 0 Å². The first-order valence-electron chi connectivity index (χ1n) is 6.76. The van der Waals surface area contributed by atoms with Crippen LogP contribution < -0.4 is 0 Å². The Hall–Kier alpha value is -0.260. The Morgan fingerprint density at radius 1 is 1.00 bits per heavy atom. The maximum atomic E-state index is 2.49. The van der Waals surface area contributed by atoms with E-state index in [4.69, 9.17) is 0 Å². The van der Waals surface area contributed by atoms with Crippen LogP contribution in [0.5, 0.6) is 0 Å². The van der Waals surface area contributed by atoms with Crippen molar-refractivity contribution in [1.29, 1.82) is 0 Å². The molecule has 0 aromatic carbocycles. The van der Waals surface area contributed by atoms with Gasteiger partial charge < -0.3 is 0 Å². The number of fused-ring (bicyclic) bond motifs is 2. The molecule has 4 atom stereocenters. The molecular formula is C15H24. The molecule has 0 nitrogen and oxygen atoms in total. The molecule has 3 aliphatic carbocycles. The second-order valence-electron chi connectivity index (χ2n) is 6.80. The molecule has 0 aromatic heterocycles. The second-order valence-corrected chi connectivity index (χ2v) is 6.80. The molecule has 0 amide bonds. The first kappa shape index (κ1) is 9.93. The lowest BCUT2D eigenvalue weighted by Gasteiger charge is -2.17. The summed E-state index contributed by atoms with van der Waals surface area (Å²) in [5.41, 5.74) is 4.43. The highest BCUT2D eigenvalue weighted by atomic mass is 14.6. The highest BCUT2D eigenvalue weighted by molar-refractivity contribution is 5.36. The fourth-order valence-corrected chi connectivity index (χ4v) is 4.53. The van der Waals surface area contributed by atoms with E-state index >= 15 is 0 Å². The predicted octanol–water partition coefficient (Wildman–Crippen LogP) is 4.42. The fourth-order valence-electron chi connectivity index (χ4n) is 4.53. The maximum Gasteiger partial charge on any atom is -0.0110 e. The normalized spacial score (nSPS) is 47.2. The summed E-state index contributed by atoms with van der Waals surface area (Å²) in [5, 5.41) is 0. The van der Waals surface area contributed by atoms with Crippen LogP contribution in [0.2, 0.25) is 0 Å². The topological polar surface area (TPSA) is 0 Å². The summed E-state index contributed by atoms with van der Waals surface area (Å²) >= 11 is 0. The van der Waals surface area contributed by atoms with Crippen molar-refractivity contribution < 1.29 is 0 Å². The van der Waals surface area contributed by atoms with Crippen LogP contribution in [0.15, 0.2) is 11.1 Å². The van der Waals surface area contributed by atoms with Crippen LogP contribution in [0.4, 0.5) is 0 Å². The van der Waals surface area contributed by atoms with Gasteiger partial charge in [-0.3, -0.25) is 0 Å². The average molecular weight is 204 g/mol. The Morgan fingerprint density at radius 2 is 1.73 bits per heavy atom. The van der Waals surface area contributed by atoms with E-state index < -0.39 is 0 Å². The van der Waals surface area contributed by atoms with Gasteiger partial charge in [-0.1, -0.05) is 38.8 Å². The first-order valence-corrected chi connectivity index (χ1v) is 6.76. The van der Waals surface area contributed by atoms with Crippen molar-refractivity contribution >= 4 is 0 Å². The summed E-state index contributed by atoms with van der Waals surface area (Å²) in [4.78, 5) is 0. The molecule has 1 saturated carbocycles. The highest BCUT2D eigenvalue weighted by Gasteiger charge is 2.61. The van der Waals surface area contributed by atoms with Crippen molar-refractivity contribution in [1.82, 2.24) is 0 Å². The van der Waals surface area contributed by atoms with Crippen molar-refractivity contribution in [3.05, 3.63) is 11.1 Å². The van der Waals surface area contributed by atoms with Gasteiger partial charge in [0, 0.05) is 0 Å². The molecule has 1 fully saturated rings. The molecule has 15 heavy (non-hydrogen) atoms. The predicted molar refractivity (Wildman–Crippen MR) is 64.6 cm³/mol. The Balaban J connectivity index is 2.02. The first-order chi connectivity index (χ1) is 7.03. The lowest BCUT2D eigenvalue weighted by Crippen LogP contribution is -2.05. The van der Waals surface area contributed by atoms with E-state index in [1.807, 2.05) is 11.1 Å². The third-order valence-electron chi connectivity index (χ3n) is 5.64. The molecule has 84 valence electrons. The molecule has 0 saturated heterocycles. The molecule has 0 aliphatic heterocycles. The van der Waals surface area contributed by atoms with Crippen LogP contribution >= 0.6 is 0 Å². The smallest absolute Gasteiger partial charge is 0.0110 e. The van der Waals surface area contributed by atoms with E-state index in [0.717, 1.165) is 23.7 Å². The van der Waals surface area contributed by atoms with Gasteiger partial charge in [0.25, 0.3) is 0 Å².